The van der Waals surface area contributed by atoms with Gasteiger partial charge < -0.3 is 10.1 Å². The van der Waals surface area contributed by atoms with Crippen molar-refractivity contribution in [2.24, 2.45) is 0 Å². The molecular weight excluding hydrogens is 366 g/mol. The molecule has 2 heterocycles. The minimum absolute atomic E-state index is 0.139. The van der Waals surface area contributed by atoms with Crippen LogP contribution in [0.15, 0.2) is 35.4 Å². The Bertz CT molecular complexity index is 1100. The molecule has 0 saturated heterocycles. The van der Waals surface area contributed by atoms with E-state index in [9.17, 15) is 14.4 Å². The number of amides is 1. The Morgan fingerprint density at radius 1 is 1.30 bits per heavy atom. The van der Waals surface area contributed by atoms with E-state index in [-0.39, 0.29) is 17.2 Å². The Kier molecular flexibility index (Phi) is 5.09. The molecule has 2 aromatic heterocycles. The second-order valence-electron chi connectivity index (χ2n) is 6.13. The SMILES string of the molecule is COc1ccccc1NC(=O)c1sc2ncn(C(C)C(C)=O)c(=O)c2c1C. The average Bonchev–Trinajstić information content (AvgIpc) is 2.99. The van der Waals surface area contributed by atoms with Crippen LogP contribution in [0.2, 0.25) is 0 Å². The molecule has 0 aliphatic rings. The minimum Gasteiger partial charge on any atom is -0.495 e. The quantitative estimate of drug-likeness (QED) is 0.728. The molecule has 1 amide bonds. The van der Waals surface area contributed by atoms with E-state index in [1.54, 1.807) is 32.0 Å². The third-order valence-corrected chi connectivity index (χ3v) is 5.64. The Morgan fingerprint density at radius 3 is 2.67 bits per heavy atom. The number of benzene rings is 1. The van der Waals surface area contributed by atoms with Gasteiger partial charge in [-0.1, -0.05) is 12.1 Å². The Labute approximate surface area is 159 Å². The molecule has 0 radical (unpaired) electrons. The van der Waals surface area contributed by atoms with E-state index < -0.39 is 6.04 Å². The molecule has 0 fully saturated rings. The van der Waals surface area contributed by atoms with Gasteiger partial charge in [0.15, 0.2) is 5.78 Å². The molecule has 1 aromatic carbocycles. The number of Topliss-reactive ketones (excluding diaryl/α,β-unsaturated/α-hetero) is 1. The van der Waals surface area contributed by atoms with Crippen LogP contribution >= 0.6 is 11.3 Å². The van der Waals surface area contributed by atoms with E-state index in [0.717, 1.165) is 11.3 Å². The first-order valence-corrected chi connectivity index (χ1v) is 9.11. The highest BCUT2D eigenvalue weighted by atomic mass is 32.1. The number of anilines is 1. The van der Waals surface area contributed by atoms with Crippen LogP contribution in [0.5, 0.6) is 5.75 Å². The molecule has 0 saturated carbocycles. The van der Waals surface area contributed by atoms with E-state index in [1.807, 2.05) is 6.07 Å². The van der Waals surface area contributed by atoms with Gasteiger partial charge >= 0.3 is 0 Å². The third kappa shape index (κ3) is 3.35. The largest absolute Gasteiger partial charge is 0.495 e. The van der Waals surface area contributed by atoms with Crippen LogP contribution < -0.4 is 15.6 Å². The number of aromatic nitrogens is 2. The zero-order chi connectivity index (χ0) is 19.7. The topological polar surface area (TPSA) is 90.3 Å². The van der Waals surface area contributed by atoms with E-state index >= 15 is 0 Å². The number of methoxy groups -OCH3 is 1. The predicted octanol–water partition coefficient (Wildman–Crippen LogP) is 3.18. The van der Waals surface area contributed by atoms with Gasteiger partial charge in [-0.2, -0.15) is 0 Å². The molecule has 1 atom stereocenters. The van der Waals surface area contributed by atoms with E-state index in [4.69, 9.17) is 4.74 Å². The number of carbonyl (C=O) groups excluding carboxylic acids is 2. The van der Waals surface area contributed by atoms with Crippen LogP contribution in [0, 0.1) is 6.92 Å². The van der Waals surface area contributed by atoms with Crippen molar-refractivity contribution in [1.29, 1.82) is 0 Å². The lowest BCUT2D eigenvalue weighted by Gasteiger charge is -2.11. The summed E-state index contributed by atoms with van der Waals surface area (Å²) in [5.41, 5.74) is 0.759. The fourth-order valence-corrected chi connectivity index (χ4v) is 3.79. The number of rotatable bonds is 5. The lowest BCUT2D eigenvalue weighted by Crippen LogP contribution is -2.27. The maximum absolute atomic E-state index is 12.8. The first-order chi connectivity index (χ1) is 12.8. The standard InChI is InChI=1S/C19H19N3O4S/c1-10-15-18(20-9-22(19(15)25)11(2)12(3)23)27-16(10)17(24)21-13-7-5-6-8-14(13)26-4/h5-9,11H,1-4H3,(H,21,24). The van der Waals surface area contributed by atoms with Gasteiger partial charge in [0.1, 0.15) is 10.6 Å². The molecular formula is C19H19N3O4S. The normalized spacial score (nSPS) is 12.0. The summed E-state index contributed by atoms with van der Waals surface area (Å²) in [6.45, 7) is 4.78. The Hall–Kier alpha value is -3.00. The van der Waals surface area contributed by atoms with Crippen molar-refractivity contribution in [3.63, 3.8) is 0 Å². The molecule has 1 unspecified atom stereocenters. The molecule has 1 N–H and O–H groups in total. The number of fused-ring (bicyclic) bond motifs is 1. The first kappa shape index (κ1) is 18.8. The number of aryl methyl sites for hydroxylation is 1. The summed E-state index contributed by atoms with van der Waals surface area (Å²) in [4.78, 5) is 42.4. The van der Waals surface area contributed by atoms with Gasteiger partial charge in [0, 0.05) is 0 Å². The van der Waals surface area contributed by atoms with Crippen LogP contribution in [0.4, 0.5) is 5.69 Å². The highest BCUT2D eigenvalue weighted by molar-refractivity contribution is 7.20. The number of ether oxygens (including phenoxy) is 1. The Morgan fingerprint density at radius 2 is 2.00 bits per heavy atom. The number of ketones is 1. The van der Waals surface area contributed by atoms with Crippen molar-refractivity contribution in [1.82, 2.24) is 9.55 Å². The van der Waals surface area contributed by atoms with Crippen molar-refractivity contribution < 1.29 is 14.3 Å². The van der Waals surface area contributed by atoms with Crippen molar-refractivity contribution in [2.75, 3.05) is 12.4 Å². The number of hydrogen-bond donors (Lipinski definition) is 1. The van der Waals surface area contributed by atoms with E-state index in [2.05, 4.69) is 10.3 Å². The molecule has 3 aromatic rings. The first-order valence-electron chi connectivity index (χ1n) is 8.30. The van der Waals surface area contributed by atoms with Gasteiger partial charge in [0.25, 0.3) is 11.5 Å². The zero-order valence-corrected chi connectivity index (χ0v) is 16.2. The van der Waals surface area contributed by atoms with Gasteiger partial charge in [-0.15, -0.1) is 11.3 Å². The van der Waals surface area contributed by atoms with E-state index in [0.29, 0.717) is 32.1 Å². The van der Waals surface area contributed by atoms with Crippen LogP contribution in [-0.4, -0.2) is 28.4 Å². The summed E-state index contributed by atoms with van der Waals surface area (Å²) >= 11 is 1.15. The third-order valence-electron chi connectivity index (χ3n) is 4.44. The molecule has 8 heteroatoms. The molecule has 0 aliphatic carbocycles. The fourth-order valence-electron chi connectivity index (χ4n) is 2.75. The van der Waals surface area contributed by atoms with E-state index in [1.165, 1.54) is 24.9 Å². The highest BCUT2D eigenvalue weighted by Crippen LogP contribution is 2.30. The van der Waals surface area contributed by atoms with Gasteiger partial charge in [-0.3, -0.25) is 19.0 Å². The van der Waals surface area contributed by atoms with Gasteiger partial charge in [0.05, 0.1) is 35.4 Å². The number of thiophene rings is 1. The second-order valence-corrected chi connectivity index (χ2v) is 7.13. The molecule has 0 bridgehead atoms. The van der Waals surface area contributed by atoms with Crippen LogP contribution in [0.1, 0.15) is 35.1 Å². The molecule has 7 nitrogen and oxygen atoms in total. The second kappa shape index (κ2) is 7.32. The number of hydrogen-bond acceptors (Lipinski definition) is 6. The average molecular weight is 385 g/mol. The van der Waals surface area contributed by atoms with Gasteiger partial charge in [0.2, 0.25) is 0 Å². The number of carbonyl (C=O) groups is 2. The maximum Gasteiger partial charge on any atom is 0.266 e. The maximum atomic E-state index is 12.8. The number of nitrogens with one attached hydrogen (secondary N) is 1. The van der Waals surface area contributed by atoms with Crippen molar-refractivity contribution in [3.05, 3.63) is 51.4 Å². The molecule has 0 aliphatic heterocycles. The summed E-state index contributed by atoms with van der Waals surface area (Å²) in [5.74, 6) is 0.0613. The summed E-state index contributed by atoms with van der Waals surface area (Å²) in [6.07, 6.45) is 1.36. The van der Waals surface area contributed by atoms with Crippen LogP contribution in [-0.2, 0) is 4.79 Å². The summed E-state index contributed by atoms with van der Waals surface area (Å²) in [6, 6.07) is 6.47. The molecule has 27 heavy (non-hydrogen) atoms. The lowest BCUT2D eigenvalue weighted by molar-refractivity contribution is -0.119. The number of para-hydroxylation sites is 2. The van der Waals surface area contributed by atoms with Crippen molar-refractivity contribution in [2.45, 2.75) is 26.8 Å². The zero-order valence-electron chi connectivity index (χ0n) is 15.4. The van der Waals surface area contributed by atoms with Gasteiger partial charge in [-0.25, -0.2) is 4.98 Å². The monoisotopic (exact) mass is 385 g/mol. The van der Waals surface area contributed by atoms with Crippen molar-refractivity contribution in [3.8, 4) is 5.75 Å². The minimum atomic E-state index is -0.612. The number of nitrogens with zero attached hydrogens (tertiary/aromatic N) is 2. The summed E-state index contributed by atoms with van der Waals surface area (Å²) in [5, 5.41) is 3.17. The predicted molar refractivity (Wildman–Crippen MR) is 105 cm³/mol. The fraction of sp³-hybridized carbons (Fsp3) is 0.263. The molecule has 140 valence electrons. The Balaban J connectivity index is 2.04. The summed E-state index contributed by atoms with van der Waals surface area (Å²) in [7, 11) is 1.53. The smallest absolute Gasteiger partial charge is 0.266 e. The molecule has 3 rings (SSSR count). The van der Waals surface area contributed by atoms with Crippen LogP contribution in [0.3, 0.4) is 0 Å². The highest BCUT2D eigenvalue weighted by Gasteiger charge is 2.22. The lowest BCUT2D eigenvalue weighted by atomic mass is 10.2. The molecule has 0 spiro atoms. The summed E-state index contributed by atoms with van der Waals surface area (Å²) < 4.78 is 6.54. The van der Waals surface area contributed by atoms with Gasteiger partial charge in [-0.05, 0) is 38.5 Å². The van der Waals surface area contributed by atoms with Crippen molar-refractivity contribution >= 4 is 38.9 Å². The van der Waals surface area contributed by atoms with Crippen LogP contribution in [0.25, 0.3) is 10.2 Å².